The maximum Gasteiger partial charge on any atom is 0.354 e. The minimum atomic E-state index is -0.317. The Bertz CT molecular complexity index is 331. The van der Waals surface area contributed by atoms with Gasteiger partial charge in [0.25, 0.3) is 0 Å². The first-order valence-electron chi connectivity index (χ1n) is 4.55. The molecule has 0 aliphatic carbocycles. The normalized spacial score (nSPS) is 12.6. The van der Waals surface area contributed by atoms with E-state index in [0.29, 0.717) is 12.2 Å². The maximum absolute atomic E-state index is 11.3. The zero-order valence-corrected chi connectivity index (χ0v) is 8.78. The summed E-state index contributed by atoms with van der Waals surface area (Å²) in [4.78, 5) is 11.3. The Morgan fingerprint density at radius 3 is 2.79 bits per heavy atom. The summed E-state index contributed by atoms with van der Waals surface area (Å²) in [6.45, 7) is 2.59. The van der Waals surface area contributed by atoms with Gasteiger partial charge in [0.2, 0.25) is 0 Å². The number of nitrogens with two attached hydrogens (primary N) is 1. The number of aromatic nitrogens is 1. The van der Waals surface area contributed by atoms with Crippen LogP contribution in [0.15, 0.2) is 12.1 Å². The molecule has 0 bridgehead atoms. The smallest absolute Gasteiger partial charge is 0.354 e. The van der Waals surface area contributed by atoms with Crippen LogP contribution in [0.1, 0.15) is 29.0 Å². The summed E-state index contributed by atoms with van der Waals surface area (Å²) in [6.07, 6.45) is 0. The number of ether oxygens (including phenoxy) is 1. The Morgan fingerprint density at radius 1 is 1.64 bits per heavy atom. The predicted molar refractivity (Wildman–Crippen MR) is 54.2 cm³/mol. The van der Waals surface area contributed by atoms with Gasteiger partial charge in [0.15, 0.2) is 0 Å². The van der Waals surface area contributed by atoms with Gasteiger partial charge in [-0.3, -0.25) is 0 Å². The van der Waals surface area contributed by atoms with E-state index in [1.165, 1.54) is 7.11 Å². The Hall–Kier alpha value is -1.29. The molecule has 78 valence electrons. The van der Waals surface area contributed by atoms with Crippen LogP contribution in [0.5, 0.6) is 0 Å². The molecule has 0 amide bonds. The summed E-state index contributed by atoms with van der Waals surface area (Å²) < 4.78 is 6.48. The lowest BCUT2D eigenvalue weighted by Crippen LogP contribution is -2.15. The number of methoxy groups -OCH3 is 1. The first-order chi connectivity index (χ1) is 6.61. The minimum Gasteiger partial charge on any atom is -0.464 e. The van der Waals surface area contributed by atoms with Crippen molar-refractivity contribution in [1.82, 2.24) is 4.57 Å². The van der Waals surface area contributed by atoms with Crippen LogP contribution in [0, 0.1) is 0 Å². The van der Waals surface area contributed by atoms with E-state index < -0.39 is 0 Å². The first kappa shape index (κ1) is 10.8. The highest BCUT2D eigenvalue weighted by molar-refractivity contribution is 5.87. The second-order valence-corrected chi connectivity index (χ2v) is 3.33. The van der Waals surface area contributed by atoms with Crippen LogP contribution in [0.4, 0.5) is 0 Å². The summed E-state index contributed by atoms with van der Waals surface area (Å²) in [5.74, 6) is -0.0682. The number of esters is 1. The van der Waals surface area contributed by atoms with E-state index in [2.05, 4.69) is 4.74 Å². The SMILES string of the molecule is COC(=O)c1ccc(C(C)CN)n1C. The maximum atomic E-state index is 11.3. The van der Waals surface area contributed by atoms with Crippen LogP contribution in [0.3, 0.4) is 0 Å². The third-order valence-corrected chi connectivity index (χ3v) is 2.41. The van der Waals surface area contributed by atoms with Gasteiger partial charge >= 0.3 is 5.97 Å². The van der Waals surface area contributed by atoms with Gasteiger partial charge in [-0.25, -0.2) is 4.79 Å². The van der Waals surface area contributed by atoms with E-state index >= 15 is 0 Å². The molecule has 0 fully saturated rings. The molecule has 4 nitrogen and oxygen atoms in total. The minimum absolute atomic E-state index is 0.249. The van der Waals surface area contributed by atoms with E-state index in [4.69, 9.17) is 5.73 Å². The number of nitrogens with zero attached hydrogens (tertiary/aromatic N) is 1. The summed E-state index contributed by atoms with van der Waals surface area (Å²) in [5.41, 5.74) is 7.17. The molecule has 4 heteroatoms. The van der Waals surface area contributed by atoms with Crippen molar-refractivity contribution < 1.29 is 9.53 Å². The third-order valence-electron chi connectivity index (χ3n) is 2.41. The van der Waals surface area contributed by atoms with Crippen LogP contribution < -0.4 is 5.73 Å². The molecule has 1 unspecified atom stereocenters. The molecule has 1 atom stereocenters. The summed E-state index contributed by atoms with van der Waals surface area (Å²) >= 11 is 0. The molecule has 0 aromatic carbocycles. The van der Waals surface area contributed by atoms with Gasteiger partial charge in [-0.1, -0.05) is 6.92 Å². The molecule has 2 N–H and O–H groups in total. The summed E-state index contributed by atoms with van der Waals surface area (Å²) in [7, 11) is 3.22. The van der Waals surface area contributed by atoms with Gasteiger partial charge < -0.3 is 15.0 Å². The predicted octanol–water partition coefficient (Wildman–Crippen LogP) is 0.874. The second kappa shape index (κ2) is 4.28. The van der Waals surface area contributed by atoms with Crippen LogP contribution in [-0.2, 0) is 11.8 Å². The van der Waals surface area contributed by atoms with Gasteiger partial charge in [0.05, 0.1) is 7.11 Å². The van der Waals surface area contributed by atoms with E-state index in [0.717, 1.165) is 5.69 Å². The molecule has 0 saturated heterocycles. The summed E-state index contributed by atoms with van der Waals surface area (Å²) in [5, 5.41) is 0. The van der Waals surface area contributed by atoms with Crippen molar-refractivity contribution in [3.8, 4) is 0 Å². The molecule has 1 aromatic heterocycles. The molecule has 0 spiro atoms. The van der Waals surface area contributed by atoms with Gasteiger partial charge in [-0.05, 0) is 12.1 Å². The lowest BCUT2D eigenvalue weighted by Gasteiger charge is -2.11. The highest BCUT2D eigenvalue weighted by atomic mass is 16.5. The average Bonchev–Trinajstić information content (AvgIpc) is 2.58. The molecule has 1 heterocycles. The standard InChI is InChI=1S/C10H16N2O2/c1-7(6-11)8-4-5-9(12(8)2)10(13)14-3/h4-5,7H,6,11H2,1-3H3. The average molecular weight is 196 g/mol. The molecule has 0 saturated carbocycles. The zero-order chi connectivity index (χ0) is 10.7. The van der Waals surface area contributed by atoms with Gasteiger partial charge in [0.1, 0.15) is 5.69 Å². The molecule has 0 aliphatic rings. The fourth-order valence-electron chi connectivity index (χ4n) is 1.45. The van der Waals surface area contributed by atoms with Gasteiger partial charge in [0, 0.05) is 25.2 Å². The topological polar surface area (TPSA) is 57.2 Å². The Balaban J connectivity index is 3.02. The van der Waals surface area contributed by atoms with Crippen LogP contribution in [0.25, 0.3) is 0 Å². The quantitative estimate of drug-likeness (QED) is 0.730. The number of rotatable bonds is 3. The highest BCUT2D eigenvalue weighted by Crippen LogP contribution is 2.17. The molecular weight excluding hydrogens is 180 g/mol. The van der Waals surface area contributed by atoms with Crippen LogP contribution in [0.2, 0.25) is 0 Å². The Morgan fingerprint density at radius 2 is 2.29 bits per heavy atom. The lowest BCUT2D eigenvalue weighted by molar-refractivity contribution is 0.0589. The number of hydrogen-bond donors (Lipinski definition) is 1. The van der Waals surface area contributed by atoms with E-state index in [-0.39, 0.29) is 11.9 Å². The molecule has 0 aliphatic heterocycles. The van der Waals surface area contributed by atoms with Crippen LogP contribution >= 0.6 is 0 Å². The molecule has 1 rings (SSSR count). The number of carbonyl (C=O) groups is 1. The highest BCUT2D eigenvalue weighted by Gasteiger charge is 2.15. The third kappa shape index (κ3) is 1.80. The van der Waals surface area contributed by atoms with Gasteiger partial charge in [-0.2, -0.15) is 0 Å². The van der Waals surface area contributed by atoms with E-state index in [1.807, 2.05) is 24.6 Å². The fourth-order valence-corrected chi connectivity index (χ4v) is 1.45. The van der Waals surface area contributed by atoms with Crippen molar-refractivity contribution in [2.75, 3.05) is 13.7 Å². The van der Waals surface area contributed by atoms with Crippen molar-refractivity contribution in [3.05, 3.63) is 23.5 Å². The summed E-state index contributed by atoms with van der Waals surface area (Å²) in [6, 6.07) is 3.66. The van der Waals surface area contributed by atoms with Gasteiger partial charge in [-0.15, -0.1) is 0 Å². The largest absolute Gasteiger partial charge is 0.464 e. The number of carbonyl (C=O) groups excluding carboxylic acids is 1. The Kier molecular flexibility index (Phi) is 3.30. The number of hydrogen-bond acceptors (Lipinski definition) is 3. The van der Waals surface area contributed by atoms with Crippen LogP contribution in [-0.4, -0.2) is 24.2 Å². The van der Waals surface area contributed by atoms with Crippen molar-refractivity contribution in [2.45, 2.75) is 12.8 Å². The van der Waals surface area contributed by atoms with E-state index in [9.17, 15) is 4.79 Å². The van der Waals surface area contributed by atoms with Crippen molar-refractivity contribution >= 4 is 5.97 Å². The molecular formula is C10H16N2O2. The van der Waals surface area contributed by atoms with E-state index in [1.54, 1.807) is 6.07 Å². The lowest BCUT2D eigenvalue weighted by atomic mass is 10.1. The molecule has 1 aromatic rings. The molecule has 0 radical (unpaired) electrons. The second-order valence-electron chi connectivity index (χ2n) is 3.33. The van der Waals surface area contributed by atoms with Crippen molar-refractivity contribution in [2.24, 2.45) is 12.8 Å². The zero-order valence-electron chi connectivity index (χ0n) is 8.78. The molecule has 14 heavy (non-hydrogen) atoms. The first-order valence-corrected chi connectivity index (χ1v) is 4.55. The fraction of sp³-hybridized carbons (Fsp3) is 0.500. The van der Waals surface area contributed by atoms with Crippen molar-refractivity contribution in [1.29, 1.82) is 0 Å². The monoisotopic (exact) mass is 196 g/mol. The van der Waals surface area contributed by atoms with Crippen molar-refractivity contribution in [3.63, 3.8) is 0 Å². The Labute approximate surface area is 83.7 Å².